The Hall–Kier alpha value is -1.87. The van der Waals surface area contributed by atoms with E-state index in [1.807, 2.05) is 19.2 Å². The zero-order valence-electron chi connectivity index (χ0n) is 18.1. The predicted octanol–water partition coefficient (Wildman–Crippen LogP) is 3.89. The highest BCUT2D eigenvalue weighted by Crippen LogP contribution is 2.34. The molecule has 5 nitrogen and oxygen atoms in total. The minimum absolute atomic E-state index is 0. The van der Waals surface area contributed by atoms with Gasteiger partial charge >= 0.3 is 0 Å². The van der Waals surface area contributed by atoms with E-state index in [2.05, 4.69) is 50.4 Å². The first kappa shape index (κ1) is 23.8. The van der Waals surface area contributed by atoms with Gasteiger partial charge < -0.3 is 19.9 Å². The van der Waals surface area contributed by atoms with Crippen LogP contribution in [0, 0.1) is 5.82 Å². The fourth-order valence-corrected chi connectivity index (χ4v) is 4.53. The van der Waals surface area contributed by atoms with E-state index in [9.17, 15) is 4.39 Å². The van der Waals surface area contributed by atoms with Crippen LogP contribution in [-0.4, -0.2) is 63.8 Å². The van der Waals surface area contributed by atoms with Crippen molar-refractivity contribution in [2.75, 3.05) is 57.9 Å². The lowest BCUT2D eigenvalue weighted by molar-refractivity contribution is 0.0511. The largest absolute Gasteiger partial charge is 0.381 e. The van der Waals surface area contributed by atoms with Gasteiger partial charge in [-0.2, -0.15) is 0 Å². The van der Waals surface area contributed by atoms with Crippen molar-refractivity contribution in [3.63, 3.8) is 0 Å². The van der Waals surface area contributed by atoms with Crippen LogP contribution < -0.4 is 10.2 Å². The summed E-state index contributed by atoms with van der Waals surface area (Å²) in [6, 6.07) is 17.5. The number of guanidine groups is 1. The molecule has 2 heterocycles. The molecule has 0 saturated carbocycles. The maximum absolute atomic E-state index is 13.5. The van der Waals surface area contributed by atoms with Crippen LogP contribution in [-0.2, 0) is 10.2 Å². The zero-order valence-corrected chi connectivity index (χ0v) is 20.4. The molecular weight excluding hydrogens is 506 g/mol. The van der Waals surface area contributed by atoms with E-state index in [1.165, 1.54) is 11.3 Å². The van der Waals surface area contributed by atoms with E-state index in [0.717, 1.165) is 64.7 Å². The summed E-state index contributed by atoms with van der Waals surface area (Å²) in [4.78, 5) is 9.30. The Morgan fingerprint density at radius 3 is 2.26 bits per heavy atom. The van der Waals surface area contributed by atoms with E-state index in [-0.39, 0.29) is 35.2 Å². The zero-order chi connectivity index (χ0) is 20.8. The molecule has 2 aromatic rings. The summed E-state index contributed by atoms with van der Waals surface area (Å²) in [5.41, 5.74) is 2.38. The average Bonchev–Trinajstić information content (AvgIpc) is 2.81. The number of nitrogens with one attached hydrogen (secondary N) is 1. The Balaban J connectivity index is 0.00000272. The highest BCUT2D eigenvalue weighted by atomic mass is 127. The molecule has 0 spiro atoms. The van der Waals surface area contributed by atoms with Crippen molar-refractivity contribution < 1.29 is 9.13 Å². The number of hydrogen-bond donors (Lipinski definition) is 1. The fourth-order valence-electron chi connectivity index (χ4n) is 4.53. The Kier molecular flexibility index (Phi) is 8.54. The summed E-state index contributed by atoms with van der Waals surface area (Å²) in [5.74, 6) is 0.747. The Bertz CT molecular complexity index is 832. The van der Waals surface area contributed by atoms with Crippen LogP contribution in [0.3, 0.4) is 0 Å². The summed E-state index contributed by atoms with van der Waals surface area (Å²) in [6.07, 6.45) is 1.84. The molecule has 2 aromatic carbocycles. The number of hydrogen-bond acceptors (Lipinski definition) is 3. The molecule has 0 amide bonds. The van der Waals surface area contributed by atoms with Gasteiger partial charge in [-0.25, -0.2) is 4.39 Å². The maximum Gasteiger partial charge on any atom is 0.193 e. The molecule has 1 N–H and O–H groups in total. The Morgan fingerprint density at radius 2 is 1.65 bits per heavy atom. The monoisotopic (exact) mass is 538 g/mol. The molecule has 2 aliphatic rings. The van der Waals surface area contributed by atoms with Crippen molar-refractivity contribution in [1.82, 2.24) is 10.2 Å². The van der Waals surface area contributed by atoms with E-state index in [4.69, 9.17) is 4.74 Å². The molecule has 0 aliphatic carbocycles. The molecule has 2 fully saturated rings. The molecule has 0 unspecified atom stereocenters. The van der Waals surface area contributed by atoms with E-state index in [1.54, 1.807) is 12.1 Å². The molecule has 31 heavy (non-hydrogen) atoms. The molecule has 4 rings (SSSR count). The van der Waals surface area contributed by atoms with Crippen molar-refractivity contribution in [1.29, 1.82) is 0 Å². The number of benzene rings is 2. The molecule has 7 heteroatoms. The van der Waals surface area contributed by atoms with Crippen molar-refractivity contribution in [3.05, 3.63) is 66.0 Å². The minimum Gasteiger partial charge on any atom is -0.381 e. The first-order valence-corrected chi connectivity index (χ1v) is 10.8. The Morgan fingerprint density at radius 1 is 1.00 bits per heavy atom. The second-order valence-corrected chi connectivity index (χ2v) is 8.11. The lowest BCUT2D eigenvalue weighted by atomic mass is 9.74. The topological polar surface area (TPSA) is 40.1 Å². The fraction of sp³-hybridized carbons (Fsp3) is 0.458. The lowest BCUT2D eigenvalue weighted by Crippen LogP contribution is -2.55. The van der Waals surface area contributed by atoms with Gasteiger partial charge in [0.2, 0.25) is 0 Å². The average molecular weight is 538 g/mol. The van der Waals surface area contributed by atoms with Crippen molar-refractivity contribution in [2.45, 2.75) is 18.3 Å². The standard InChI is InChI=1S/C24H31FN4O.HI/c1-26-23(29-15-13-28(14-16-29)22-5-3-2-4-6-22)27-19-24(11-17-30-18-12-24)20-7-9-21(25)10-8-20;/h2-10H,11-19H2,1H3,(H,26,27);1H. The smallest absolute Gasteiger partial charge is 0.193 e. The van der Waals surface area contributed by atoms with Gasteiger partial charge in [0.25, 0.3) is 0 Å². The van der Waals surface area contributed by atoms with Crippen LogP contribution in [0.25, 0.3) is 0 Å². The van der Waals surface area contributed by atoms with Gasteiger partial charge in [0.15, 0.2) is 5.96 Å². The number of halogens is 2. The predicted molar refractivity (Wildman–Crippen MR) is 135 cm³/mol. The lowest BCUT2D eigenvalue weighted by Gasteiger charge is -2.41. The van der Waals surface area contributed by atoms with Gasteiger partial charge in [-0.05, 0) is 42.7 Å². The first-order valence-electron chi connectivity index (χ1n) is 10.8. The molecule has 0 atom stereocenters. The third kappa shape index (κ3) is 5.68. The van der Waals surface area contributed by atoms with E-state index < -0.39 is 0 Å². The highest BCUT2D eigenvalue weighted by Gasteiger charge is 2.35. The van der Waals surface area contributed by atoms with Crippen LogP contribution in [0.4, 0.5) is 10.1 Å². The first-order chi connectivity index (χ1) is 14.7. The SMILES string of the molecule is CN=C(NCC1(c2ccc(F)cc2)CCOCC1)N1CCN(c2ccccc2)CC1.I. The summed E-state index contributed by atoms with van der Waals surface area (Å²) >= 11 is 0. The number of rotatable bonds is 4. The number of ether oxygens (including phenoxy) is 1. The highest BCUT2D eigenvalue weighted by molar-refractivity contribution is 14.0. The maximum atomic E-state index is 13.5. The Labute approximate surface area is 201 Å². The summed E-state index contributed by atoms with van der Waals surface area (Å²) < 4.78 is 19.1. The number of piperazine rings is 1. The summed E-state index contributed by atoms with van der Waals surface area (Å²) in [7, 11) is 1.85. The molecule has 0 radical (unpaired) electrons. The summed E-state index contributed by atoms with van der Waals surface area (Å²) in [6.45, 7) is 6.04. The van der Waals surface area contributed by atoms with Crippen LogP contribution in [0.5, 0.6) is 0 Å². The minimum atomic E-state index is -0.194. The van der Waals surface area contributed by atoms with Gasteiger partial charge in [0, 0.05) is 64.1 Å². The molecule has 0 bridgehead atoms. The third-order valence-corrected chi connectivity index (χ3v) is 6.40. The van der Waals surface area contributed by atoms with Crippen LogP contribution in [0.2, 0.25) is 0 Å². The van der Waals surface area contributed by atoms with Gasteiger partial charge in [-0.3, -0.25) is 4.99 Å². The molecule has 2 saturated heterocycles. The van der Waals surface area contributed by atoms with Crippen molar-refractivity contribution >= 4 is 35.6 Å². The van der Waals surface area contributed by atoms with Crippen molar-refractivity contribution in [2.24, 2.45) is 4.99 Å². The normalized spacial score (nSPS) is 19.0. The number of aliphatic imine (C=N–C) groups is 1. The molecule has 2 aliphatic heterocycles. The second kappa shape index (κ2) is 11.1. The number of anilines is 1. The van der Waals surface area contributed by atoms with Crippen LogP contribution >= 0.6 is 24.0 Å². The van der Waals surface area contributed by atoms with Gasteiger partial charge in [0.05, 0.1) is 0 Å². The second-order valence-electron chi connectivity index (χ2n) is 8.11. The third-order valence-electron chi connectivity index (χ3n) is 6.40. The van der Waals surface area contributed by atoms with Crippen molar-refractivity contribution in [3.8, 4) is 0 Å². The van der Waals surface area contributed by atoms with Crippen LogP contribution in [0.1, 0.15) is 18.4 Å². The molecule has 0 aromatic heterocycles. The quantitative estimate of drug-likeness (QED) is 0.365. The number of para-hydroxylation sites is 1. The van der Waals surface area contributed by atoms with E-state index >= 15 is 0 Å². The molecular formula is C24H32FIN4O. The molecule has 168 valence electrons. The van der Waals surface area contributed by atoms with Gasteiger partial charge in [0.1, 0.15) is 5.82 Å². The summed E-state index contributed by atoms with van der Waals surface area (Å²) in [5, 5.41) is 3.63. The van der Waals surface area contributed by atoms with Gasteiger partial charge in [-0.15, -0.1) is 24.0 Å². The van der Waals surface area contributed by atoms with E-state index in [0.29, 0.717) is 0 Å². The van der Waals surface area contributed by atoms with Gasteiger partial charge in [-0.1, -0.05) is 30.3 Å². The number of nitrogens with zero attached hydrogens (tertiary/aromatic N) is 3. The van der Waals surface area contributed by atoms with Crippen LogP contribution in [0.15, 0.2) is 59.6 Å².